The van der Waals surface area contributed by atoms with Gasteiger partial charge in [-0.1, -0.05) is 12.8 Å². The Kier molecular flexibility index (Phi) is 4.08. The number of carbonyl (C=O) groups excluding carboxylic acids is 2. The van der Waals surface area contributed by atoms with Crippen molar-refractivity contribution in [2.75, 3.05) is 4.90 Å². The van der Waals surface area contributed by atoms with Crippen LogP contribution in [0.5, 0.6) is 0 Å². The normalized spacial score (nSPS) is 24.6. The van der Waals surface area contributed by atoms with Crippen LogP contribution in [0.4, 0.5) is 32.0 Å². The van der Waals surface area contributed by atoms with Crippen molar-refractivity contribution < 1.29 is 35.9 Å². The molecule has 2 amide bonds. The predicted octanol–water partition coefficient (Wildman–Crippen LogP) is 4.40. The maximum Gasteiger partial charge on any atom is 0.416 e. The first-order chi connectivity index (χ1) is 11.5. The maximum absolute atomic E-state index is 13.0. The van der Waals surface area contributed by atoms with Gasteiger partial charge < -0.3 is 0 Å². The van der Waals surface area contributed by atoms with Crippen LogP contribution in [0.3, 0.4) is 0 Å². The molecule has 0 bridgehead atoms. The molecule has 1 saturated carbocycles. The summed E-state index contributed by atoms with van der Waals surface area (Å²) in [5.74, 6) is -2.76. The van der Waals surface area contributed by atoms with Crippen LogP contribution >= 0.6 is 0 Å². The average Bonchev–Trinajstić information content (AvgIpc) is 2.77. The van der Waals surface area contributed by atoms with E-state index in [-0.39, 0.29) is 6.07 Å². The van der Waals surface area contributed by atoms with Crippen LogP contribution < -0.4 is 4.90 Å². The second-order valence-electron chi connectivity index (χ2n) is 6.27. The van der Waals surface area contributed by atoms with E-state index in [9.17, 15) is 35.9 Å². The first kappa shape index (κ1) is 17.8. The molecule has 136 valence electrons. The molecular weight excluding hydrogens is 352 g/mol. The summed E-state index contributed by atoms with van der Waals surface area (Å²) in [6.07, 6.45) is -7.84. The van der Waals surface area contributed by atoms with Crippen molar-refractivity contribution in [3.8, 4) is 0 Å². The van der Waals surface area contributed by atoms with Gasteiger partial charge in [0.1, 0.15) is 0 Å². The molecule has 2 atom stereocenters. The van der Waals surface area contributed by atoms with Gasteiger partial charge in [-0.2, -0.15) is 26.3 Å². The van der Waals surface area contributed by atoms with Gasteiger partial charge in [0, 0.05) is 0 Å². The lowest BCUT2D eigenvalue weighted by atomic mass is 9.81. The van der Waals surface area contributed by atoms with Crippen LogP contribution in [-0.4, -0.2) is 11.8 Å². The number of fused-ring (bicyclic) bond motifs is 1. The number of alkyl halides is 6. The van der Waals surface area contributed by atoms with E-state index in [4.69, 9.17) is 0 Å². The van der Waals surface area contributed by atoms with E-state index in [1.807, 2.05) is 0 Å². The molecule has 1 aromatic rings. The lowest BCUT2D eigenvalue weighted by Gasteiger charge is -2.19. The number of rotatable bonds is 1. The molecule has 3 nitrogen and oxygen atoms in total. The first-order valence-electron chi connectivity index (χ1n) is 7.67. The van der Waals surface area contributed by atoms with E-state index >= 15 is 0 Å². The fourth-order valence-corrected chi connectivity index (χ4v) is 3.48. The largest absolute Gasteiger partial charge is 0.416 e. The zero-order chi connectivity index (χ0) is 18.6. The molecule has 1 aliphatic carbocycles. The molecular formula is C16H13F6NO2. The van der Waals surface area contributed by atoms with Crippen molar-refractivity contribution in [3.05, 3.63) is 29.3 Å². The summed E-state index contributed by atoms with van der Waals surface area (Å²) in [5, 5.41) is 0. The summed E-state index contributed by atoms with van der Waals surface area (Å²) in [7, 11) is 0. The lowest BCUT2D eigenvalue weighted by Crippen LogP contribution is -2.31. The number of hydrogen-bond donors (Lipinski definition) is 0. The van der Waals surface area contributed by atoms with E-state index in [0.717, 1.165) is 0 Å². The van der Waals surface area contributed by atoms with Crippen LogP contribution in [0.25, 0.3) is 0 Å². The summed E-state index contributed by atoms with van der Waals surface area (Å²) in [6.45, 7) is 0. The SMILES string of the molecule is O=C1C2CCCCC2C(=O)N1c1cc(C(F)(F)F)cc(C(F)(F)F)c1. The first-order valence-corrected chi connectivity index (χ1v) is 7.67. The van der Waals surface area contributed by atoms with Crippen molar-refractivity contribution in [2.24, 2.45) is 11.8 Å². The van der Waals surface area contributed by atoms with E-state index in [1.54, 1.807) is 0 Å². The third-order valence-corrected chi connectivity index (χ3v) is 4.67. The molecule has 0 radical (unpaired) electrons. The number of nitrogens with zero attached hydrogens (tertiary/aromatic N) is 1. The number of imide groups is 1. The average molecular weight is 365 g/mol. The minimum absolute atomic E-state index is 0.0262. The summed E-state index contributed by atoms with van der Waals surface area (Å²) < 4.78 is 77.7. The van der Waals surface area contributed by atoms with E-state index < -0.39 is 52.8 Å². The van der Waals surface area contributed by atoms with Gasteiger partial charge in [-0.3, -0.25) is 14.5 Å². The van der Waals surface area contributed by atoms with Gasteiger partial charge in [-0.25, -0.2) is 0 Å². The van der Waals surface area contributed by atoms with Gasteiger partial charge >= 0.3 is 12.4 Å². The van der Waals surface area contributed by atoms with Crippen molar-refractivity contribution in [2.45, 2.75) is 38.0 Å². The monoisotopic (exact) mass is 365 g/mol. The lowest BCUT2D eigenvalue weighted by molar-refractivity contribution is -0.143. The van der Waals surface area contributed by atoms with E-state index in [0.29, 0.717) is 42.7 Å². The molecule has 2 aliphatic rings. The highest BCUT2D eigenvalue weighted by Gasteiger charge is 2.49. The van der Waals surface area contributed by atoms with Gasteiger partial charge in [0.05, 0.1) is 28.7 Å². The Labute approximate surface area is 138 Å². The molecule has 25 heavy (non-hydrogen) atoms. The molecule has 1 aromatic carbocycles. The van der Waals surface area contributed by atoms with Gasteiger partial charge in [-0.05, 0) is 31.0 Å². The third kappa shape index (κ3) is 3.11. The summed E-state index contributed by atoms with van der Waals surface area (Å²) in [6, 6.07) is 0.812. The smallest absolute Gasteiger partial charge is 0.274 e. The van der Waals surface area contributed by atoms with Crippen molar-refractivity contribution >= 4 is 17.5 Å². The quantitative estimate of drug-likeness (QED) is 0.546. The number of hydrogen-bond acceptors (Lipinski definition) is 2. The number of carbonyl (C=O) groups is 2. The van der Waals surface area contributed by atoms with E-state index in [1.165, 1.54) is 0 Å². The highest BCUT2D eigenvalue weighted by atomic mass is 19.4. The zero-order valence-corrected chi connectivity index (χ0v) is 12.7. The Balaban J connectivity index is 2.10. The molecule has 2 unspecified atom stereocenters. The number of halogens is 6. The molecule has 1 heterocycles. The van der Waals surface area contributed by atoms with Crippen molar-refractivity contribution in [3.63, 3.8) is 0 Å². The Morgan fingerprint density at radius 2 is 1.16 bits per heavy atom. The number of amides is 2. The molecule has 3 rings (SSSR count). The van der Waals surface area contributed by atoms with Crippen molar-refractivity contribution in [1.29, 1.82) is 0 Å². The van der Waals surface area contributed by atoms with Crippen molar-refractivity contribution in [1.82, 2.24) is 0 Å². The number of benzene rings is 1. The molecule has 1 aliphatic heterocycles. The zero-order valence-electron chi connectivity index (χ0n) is 12.7. The number of anilines is 1. The second-order valence-corrected chi connectivity index (χ2v) is 6.27. The van der Waals surface area contributed by atoms with Crippen LogP contribution in [0.1, 0.15) is 36.8 Å². The Morgan fingerprint density at radius 1 is 0.760 bits per heavy atom. The highest BCUT2D eigenvalue weighted by molar-refractivity contribution is 6.22. The highest BCUT2D eigenvalue weighted by Crippen LogP contribution is 2.43. The predicted molar refractivity (Wildman–Crippen MR) is 74.4 cm³/mol. The van der Waals surface area contributed by atoms with Crippen LogP contribution in [-0.2, 0) is 21.9 Å². The topological polar surface area (TPSA) is 37.4 Å². The fourth-order valence-electron chi connectivity index (χ4n) is 3.48. The van der Waals surface area contributed by atoms with E-state index in [2.05, 4.69) is 0 Å². The standard InChI is InChI=1S/C16H13F6NO2/c17-15(18,19)8-5-9(16(20,21)22)7-10(6-8)23-13(24)11-3-1-2-4-12(11)14(23)25/h5-7,11-12H,1-4H2. The minimum atomic E-state index is -5.03. The summed E-state index contributed by atoms with van der Waals surface area (Å²) >= 11 is 0. The van der Waals surface area contributed by atoms with Gasteiger partial charge in [0.15, 0.2) is 0 Å². The fraction of sp³-hybridized carbons (Fsp3) is 0.500. The summed E-state index contributed by atoms with van der Waals surface area (Å²) in [4.78, 5) is 25.3. The van der Waals surface area contributed by atoms with Gasteiger partial charge in [0.2, 0.25) is 11.8 Å². The maximum atomic E-state index is 13.0. The molecule has 2 fully saturated rings. The minimum Gasteiger partial charge on any atom is -0.274 e. The van der Waals surface area contributed by atoms with Gasteiger partial charge in [-0.15, -0.1) is 0 Å². The van der Waals surface area contributed by atoms with Crippen LogP contribution in [0, 0.1) is 11.8 Å². The molecule has 0 aromatic heterocycles. The molecule has 0 spiro atoms. The van der Waals surface area contributed by atoms with Crippen LogP contribution in [0.2, 0.25) is 0 Å². The Hall–Kier alpha value is -2.06. The third-order valence-electron chi connectivity index (χ3n) is 4.67. The Morgan fingerprint density at radius 3 is 1.52 bits per heavy atom. The second kappa shape index (κ2) is 5.74. The van der Waals surface area contributed by atoms with Gasteiger partial charge in [0.25, 0.3) is 0 Å². The molecule has 0 N–H and O–H groups in total. The molecule has 1 saturated heterocycles. The summed E-state index contributed by atoms with van der Waals surface area (Å²) in [5.41, 5.74) is -3.77. The molecule has 9 heteroatoms. The Bertz CT molecular complexity index is 668. The van der Waals surface area contributed by atoms with Crippen LogP contribution in [0.15, 0.2) is 18.2 Å².